The minimum atomic E-state index is -0.410. The number of nitrogens with one attached hydrogen (secondary N) is 2. The standard InChI is InChI=1S/C26H21ClN4O4S/c1-16(18-7-13-21(14-8-18)35-17(2)32)29-30-24(33)15-36-26-28-23-6-4-3-5-22(23)25(34)31(26)20-11-9-19(27)10-12-20/h3-14,29H,1,15H2,2H3,(H,30,33). The van der Waals surface area contributed by atoms with Gasteiger partial charge < -0.3 is 4.74 Å². The number of aromatic nitrogens is 2. The monoisotopic (exact) mass is 520 g/mol. The predicted molar refractivity (Wildman–Crippen MR) is 141 cm³/mol. The minimum Gasteiger partial charge on any atom is -0.427 e. The van der Waals surface area contributed by atoms with Crippen LogP contribution in [0, 0.1) is 0 Å². The first-order valence-electron chi connectivity index (χ1n) is 10.7. The Kier molecular flexibility index (Phi) is 7.72. The maximum atomic E-state index is 13.3. The molecule has 8 nitrogen and oxygen atoms in total. The number of para-hydroxylation sites is 1. The molecule has 4 rings (SSSR count). The molecule has 1 heterocycles. The van der Waals surface area contributed by atoms with Gasteiger partial charge in [-0.2, -0.15) is 0 Å². The quantitative estimate of drug-likeness (QED) is 0.117. The largest absolute Gasteiger partial charge is 0.427 e. The van der Waals surface area contributed by atoms with Crippen molar-refractivity contribution in [2.75, 3.05) is 5.75 Å². The zero-order valence-corrected chi connectivity index (χ0v) is 20.7. The average Bonchev–Trinajstić information content (AvgIpc) is 2.87. The number of benzene rings is 3. The number of halogens is 1. The van der Waals surface area contributed by atoms with Gasteiger partial charge in [0.25, 0.3) is 5.56 Å². The second-order valence-electron chi connectivity index (χ2n) is 7.59. The van der Waals surface area contributed by atoms with E-state index in [0.29, 0.717) is 43.8 Å². The van der Waals surface area contributed by atoms with Crippen molar-refractivity contribution in [3.8, 4) is 11.4 Å². The van der Waals surface area contributed by atoms with Crippen LogP contribution in [0.5, 0.6) is 5.75 Å². The Morgan fingerprint density at radius 2 is 1.72 bits per heavy atom. The van der Waals surface area contributed by atoms with Gasteiger partial charge in [0.15, 0.2) is 5.16 Å². The normalized spacial score (nSPS) is 10.6. The molecule has 0 aliphatic rings. The number of thioether (sulfide) groups is 1. The molecular weight excluding hydrogens is 500 g/mol. The Morgan fingerprint density at radius 1 is 1.03 bits per heavy atom. The maximum absolute atomic E-state index is 13.3. The maximum Gasteiger partial charge on any atom is 0.308 e. The van der Waals surface area contributed by atoms with Gasteiger partial charge in [-0.3, -0.25) is 29.8 Å². The molecule has 10 heteroatoms. The van der Waals surface area contributed by atoms with E-state index in [9.17, 15) is 14.4 Å². The first-order valence-corrected chi connectivity index (χ1v) is 12.1. The molecule has 0 saturated heterocycles. The van der Waals surface area contributed by atoms with Gasteiger partial charge in [0.05, 0.1) is 28.0 Å². The van der Waals surface area contributed by atoms with E-state index in [4.69, 9.17) is 16.3 Å². The van der Waals surface area contributed by atoms with Crippen LogP contribution in [-0.4, -0.2) is 27.2 Å². The van der Waals surface area contributed by atoms with Crippen LogP contribution in [0.15, 0.2) is 89.3 Å². The highest BCUT2D eigenvalue weighted by molar-refractivity contribution is 7.99. The summed E-state index contributed by atoms with van der Waals surface area (Å²) in [6.45, 7) is 5.23. The summed E-state index contributed by atoms with van der Waals surface area (Å²) in [5.41, 5.74) is 7.40. The molecule has 0 saturated carbocycles. The van der Waals surface area contributed by atoms with E-state index in [1.807, 2.05) is 0 Å². The molecule has 4 aromatic rings. The fraction of sp³-hybridized carbons (Fsp3) is 0.0769. The second kappa shape index (κ2) is 11.1. The Labute approximate surface area is 215 Å². The third-order valence-electron chi connectivity index (χ3n) is 4.98. The third-order valence-corrected chi connectivity index (χ3v) is 6.17. The van der Waals surface area contributed by atoms with Crippen molar-refractivity contribution in [1.29, 1.82) is 0 Å². The number of hydrogen-bond donors (Lipinski definition) is 2. The number of nitrogens with zero attached hydrogens (tertiary/aromatic N) is 2. The molecule has 3 aromatic carbocycles. The van der Waals surface area contributed by atoms with Crippen molar-refractivity contribution >= 4 is 51.8 Å². The third kappa shape index (κ3) is 5.94. The number of ether oxygens (including phenoxy) is 1. The van der Waals surface area contributed by atoms with Gasteiger partial charge in [-0.1, -0.05) is 42.1 Å². The van der Waals surface area contributed by atoms with Gasteiger partial charge in [-0.25, -0.2) is 4.98 Å². The van der Waals surface area contributed by atoms with Gasteiger partial charge in [-0.05, 0) is 66.2 Å². The summed E-state index contributed by atoms with van der Waals surface area (Å²) >= 11 is 7.14. The van der Waals surface area contributed by atoms with Crippen LogP contribution in [0.25, 0.3) is 22.3 Å². The van der Waals surface area contributed by atoms with E-state index in [0.717, 1.165) is 11.8 Å². The zero-order chi connectivity index (χ0) is 25.7. The summed E-state index contributed by atoms with van der Waals surface area (Å²) < 4.78 is 6.47. The van der Waals surface area contributed by atoms with E-state index in [2.05, 4.69) is 22.4 Å². The number of amides is 1. The number of fused-ring (bicyclic) bond motifs is 1. The summed E-state index contributed by atoms with van der Waals surface area (Å²) in [5, 5.41) is 1.39. The molecule has 0 bridgehead atoms. The highest BCUT2D eigenvalue weighted by Crippen LogP contribution is 2.22. The molecule has 2 N–H and O–H groups in total. The molecular formula is C26H21ClN4O4S. The lowest BCUT2D eigenvalue weighted by Gasteiger charge is -2.14. The fourth-order valence-corrected chi connectivity index (χ4v) is 4.24. The Balaban J connectivity index is 1.46. The first kappa shape index (κ1) is 25.0. The Bertz CT molecular complexity index is 1500. The number of hydrazine groups is 1. The van der Waals surface area contributed by atoms with Gasteiger partial charge in [0.1, 0.15) is 5.75 Å². The predicted octanol–water partition coefficient (Wildman–Crippen LogP) is 4.35. The number of carbonyl (C=O) groups excluding carboxylic acids is 2. The molecule has 0 fully saturated rings. The van der Waals surface area contributed by atoms with Crippen LogP contribution in [-0.2, 0) is 9.59 Å². The van der Waals surface area contributed by atoms with Crippen LogP contribution < -0.4 is 21.1 Å². The highest BCUT2D eigenvalue weighted by atomic mass is 35.5. The summed E-state index contributed by atoms with van der Waals surface area (Å²) in [6.07, 6.45) is 0. The van der Waals surface area contributed by atoms with Gasteiger partial charge in [-0.15, -0.1) is 0 Å². The lowest BCUT2D eigenvalue weighted by molar-refractivity contribution is -0.131. The Morgan fingerprint density at radius 3 is 2.42 bits per heavy atom. The lowest BCUT2D eigenvalue weighted by Crippen LogP contribution is -2.37. The van der Waals surface area contributed by atoms with Crippen LogP contribution in [0.2, 0.25) is 5.02 Å². The lowest BCUT2D eigenvalue weighted by atomic mass is 10.2. The number of esters is 1. The summed E-state index contributed by atoms with van der Waals surface area (Å²) in [4.78, 5) is 41.5. The van der Waals surface area contributed by atoms with Crippen LogP contribution in [0.3, 0.4) is 0 Å². The van der Waals surface area contributed by atoms with Crippen molar-refractivity contribution in [2.45, 2.75) is 12.1 Å². The van der Waals surface area contributed by atoms with E-state index < -0.39 is 5.97 Å². The van der Waals surface area contributed by atoms with E-state index in [-0.39, 0.29) is 17.2 Å². The van der Waals surface area contributed by atoms with Crippen molar-refractivity contribution in [2.24, 2.45) is 0 Å². The second-order valence-corrected chi connectivity index (χ2v) is 8.97. The molecule has 0 spiro atoms. The molecule has 1 aromatic heterocycles. The summed E-state index contributed by atoms with van der Waals surface area (Å²) in [6, 6.07) is 20.5. The van der Waals surface area contributed by atoms with E-state index >= 15 is 0 Å². The summed E-state index contributed by atoms with van der Waals surface area (Å²) in [7, 11) is 0. The van der Waals surface area contributed by atoms with Crippen molar-refractivity contribution in [1.82, 2.24) is 20.4 Å². The molecule has 0 atom stereocenters. The molecule has 0 radical (unpaired) electrons. The number of hydrogen-bond acceptors (Lipinski definition) is 7. The summed E-state index contributed by atoms with van der Waals surface area (Å²) in [5.74, 6) is -0.354. The minimum absolute atomic E-state index is 0.00988. The van der Waals surface area contributed by atoms with Crippen LogP contribution in [0.1, 0.15) is 12.5 Å². The molecule has 0 unspecified atom stereocenters. The molecule has 182 valence electrons. The van der Waals surface area contributed by atoms with E-state index in [1.54, 1.807) is 72.8 Å². The highest BCUT2D eigenvalue weighted by Gasteiger charge is 2.15. The smallest absolute Gasteiger partial charge is 0.308 e. The SMILES string of the molecule is C=C(NNC(=O)CSc1nc2ccccc2c(=O)n1-c1ccc(Cl)cc1)c1ccc(OC(C)=O)cc1. The topological polar surface area (TPSA) is 102 Å². The van der Waals surface area contributed by atoms with Gasteiger partial charge in [0, 0.05) is 11.9 Å². The van der Waals surface area contributed by atoms with Gasteiger partial charge >= 0.3 is 5.97 Å². The van der Waals surface area contributed by atoms with E-state index in [1.165, 1.54) is 11.5 Å². The zero-order valence-electron chi connectivity index (χ0n) is 19.2. The van der Waals surface area contributed by atoms with Crippen molar-refractivity contribution in [3.63, 3.8) is 0 Å². The first-order chi connectivity index (χ1) is 17.3. The van der Waals surface area contributed by atoms with Gasteiger partial charge in [0.2, 0.25) is 5.91 Å². The molecule has 1 amide bonds. The Hall–Kier alpha value is -4.08. The molecule has 36 heavy (non-hydrogen) atoms. The molecule has 0 aliphatic heterocycles. The average molecular weight is 521 g/mol. The fourth-order valence-electron chi connectivity index (χ4n) is 3.30. The number of carbonyl (C=O) groups is 2. The van der Waals surface area contributed by atoms with Crippen LogP contribution >= 0.6 is 23.4 Å². The van der Waals surface area contributed by atoms with Crippen LogP contribution in [0.4, 0.5) is 0 Å². The van der Waals surface area contributed by atoms with Crippen molar-refractivity contribution in [3.05, 3.63) is 100 Å². The van der Waals surface area contributed by atoms with Crippen molar-refractivity contribution < 1.29 is 14.3 Å². The number of rotatable bonds is 8. The molecule has 0 aliphatic carbocycles.